The quantitative estimate of drug-likeness (QED) is 0.636. The van der Waals surface area contributed by atoms with Crippen LogP contribution in [0.1, 0.15) is 20.8 Å². The number of nitrogens with zero attached hydrogens (tertiary/aromatic N) is 1. The van der Waals surface area contributed by atoms with E-state index < -0.39 is 0 Å². The van der Waals surface area contributed by atoms with Crippen molar-refractivity contribution >= 4 is 23.1 Å². The third kappa shape index (κ3) is 3.14. The van der Waals surface area contributed by atoms with Crippen LogP contribution in [0.4, 0.5) is 5.69 Å². The van der Waals surface area contributed by atoms with Crippen molar-refractivity contribution in [3.05, 3.63) is 23.2 Å². The van der Waals surface area contributed by atoms with E-state index in [1.165, 1.54) is 0 Å². The zero-order chi connectivity index (χ0) is 12.3. The first kappa shape index (κ1) is 12.8. The number of rotatable bonds is 2. The molecule has 0 bridgehead atoms. The van der Waals surface area contributed by atoms with Gasteiger partial charge in [-0.15, -0.1) is 0 Å². The van der Waals surface area contributed by atoms with E-state index in [0.29, 0.717) is 16.6 Å². The normalized spacial score (nSPS) is 12.7. The lowest BCUT2D eigenvalue weighted by Gasteiger charge is -2.17. The van der Waals surface area contributed by atoms with E-state index in [-0.39, 0.29) is 5.41 Å². The van der Waals surface area contributed by atoms with Gasteiger partial charge < -0.3 is 10.5 Å². The minimum atomic E-state index is -0.146. The topological polar surface area (TPSA) is 47.6 Å². The lowest BCUT2D eigenvalue weighted by atomic mass is 9.95. The number of ether oxygens (including phenoxy) is 1. The Morgan fingerprint density at radius 2 is 2.00 bits per heavy atom. The highest BCUT2D eigenvalue weighted by Crippen LogP contribution is 2.29. The number of nitrogens with two attached hydrogens (primary N) is 1. The van der Waals surface area contributed by atoms with Crippen molar-refractivity contribution in [1.29, 1.82) is 0 Å². The maximum atomic E-state index is 5.92. The number of methoxy groups -OCH3 is 1. The fourth-order valence-electron chi connectivity index (χ4n) is 1.02. The van der Waals surface area contributed by atoms with Crippen molar-refractivity contribution in [2.24, 2.45) is 16.1 Å². The standard InChI is InChI=1S/C12H17ClN2O/c1-12(2,3)11(14)15-8-5-6-9(13)10(7-8)16-4/h5-7H,1-4H3,(H2,14,15). The van der Waals surface area contributed by atoms with Crippen molar-refractivity contribution in [2.45, 2.75) is 20.8 Å². The van der Waals surface area contributed by atoms with Gasteiger partial charge in [-0.3, -0.25) is 0 Å². The molecule has 1 aromatic carbocycles. The maximum absolute atomic E-state index is 5.92. The van der Waals surface area contributed by atoms with E-state index in [4.69, 9.17) is 22.1 Å². The van der Waals surface area contributed by atoms with Crippen molar-refractivity contribution in [3.8, 4) is 5.75 Å². The highest BCUT2D eigenvalue weighted by Gasteiger charge is 2.15. The van der Waals surface area contributed by atoms with Gasteiger partial charge in [-0.25, -0.2) is 4.99 Å². The molecule has 0 aliphatic rings. The Morgan fingerprint density at radius 3 is 2.50 bits per heavy atom. The molecule has 0 fully saturated rings. The molecule has 16 heavy (non-hydrogen) atoms. The highest BCUT2D eigenvalue weighted by molar-refractivity contribution is 6.32. The molecule has 3 nitrogen and oxygen atoms in total. The molecule has 1 aromatic rings. The van der Waals surface area contributed by atoms with Gasteiger partial charge in [0.15, 0.2) is 0 Å². The third-order valence-corrected chi connectivity index (χ3v) is 2.46. The minimum Gasteiger partial charge on any atom is -0.495 e. The molecule has 0 aliphatic carbocycles. The largest absolute Gasteiger partial charge is 0.495 e. The van der Waals surface area contributed by atoms with Crippen LogP contribution < -0.4 is 10.5 Å². The lowest BCUT2D eigenvalue weighted by Crippen LogP contribution is -2.28. The molecule has 88 valence electrons. The summed E-state index contributed by atoms with van der Waals surface area (Å²) in [6.45, 7) is 6.04. The Bertz CT molecular complexity index is 408. The Hall–Kier alpha value is -1.22. The number of amidine groups is 1. The Labute approximate surface area is 101 Å². The summed E-state index contributed by atoms with van der Waals surface area (Å²) in [4.78, 5) is 4.34. The van der Waals surface area contributed by atoms with Gasteiger partial charge in [0.1, 0.15) is 11.6 Å². The Morgan fingerprint density at radius 1 is 1.38 bits per heavy atom. The van der Waals surface area contributed by atoms with Gasteiger partial charge in [0, 0.05) is 11.5 Å². The number of aliphatic imine (C=N–C) groups is 1. The summed E-state index contributed by atoms with van der Waals surface area (Å²) in [5, 5.41) is 0.566. The maximum Gasteiger partial charge on any atom is 0.139 e. The zero-order valence-electron chi connectivity index (χ0n) is 10.0. The number of halogens is 1. The summed E-state index contributed by atoms with van der Waals surface area (Å²) in [6, 6.07) is 5.32. The van der Waals surface area contributed by atoms with Gasteiger partial charge >= 0.3 is 0 Å². The molecule has 1 rings (SSSR count). The summed E-state index contributed by atoms with van der Waals surface area (Å²) in [5.74, 6) is 1.18. The molecule has 0 aliphatic heterocycles. The molecule has 0 atom stereocenters. The van der Waals surface area contributed by atoms with Crippen molar-refractivity contribution in [2.75, 3.05) is 7.11 Å². The Kier molecular flexibility index (Phi) is 3.81. The number of benzene rings is 1. The van der Waals surface area contributed by atoms with E-state index in [0.717, 1.165) is 5.69 Å². The first-order chi connectivity index (χ1) is 7.34. The van der Waals surface area contributed by atoms with Crippen LogP contribution in [0.25, 0.3) is 0 Å². The number of hydrogen-bond donors (Lipinski definition) is 1. The molecule has 0 aromatic heterocycles. The summed E-state index contributed by atoms with van der Waals surface area (Å²) in [5.41, 5.74) is 6.49. The summed E-state index contributed by atoms with van der Waals surface area (Å²) in [7, 11) is 1.57. The molecule has 0 spiro atoms. The van der Waals surface area contributed by atoms with E-state index >= 15 is 0 Å². The second-order valence-electron chi connectivity index (χ2n) is 4.57. The molecule has 0 radical (unpaired) electrons. The molecule has 0 saturated heterocycles. The monoisotopic (exact) mass is 240 g/mol. The molecule has 0 amide bonds. The van der Waals surface area contributed by atoms with E-state index in [1.807, 2.05) is 26.8 Å². The first-order valence-electron chi connectivity index (χ1n) is 5.03. The zero-order valence-corrected chi connectivity index (χ0v) is 10.8. The average molecular weight is 241 g/mol. The van der Waals surface area contributed by atoms with Crippen LogP contribution in [0.3, 0.4) is 0 Å². The molecular weight excluding hydrogens is 224 g/mol. The van der Waals surface area contributed by atoms with Gasteiger partial charge in [-0.1, -0.05) is 32.4 Å². The van der Waals surface area contributed by atoms with Gasteiger partial charge in [0.2, 0.25) is 0 Å². The van der Waals surface area contributed by atoms with E-state index in [1.54, 1.807) is 19.2 Å². The van der Waals surface area contributed by atoms with Crippen LogP contribution in [0.2, 0.25) is 5.02 Å². The van der Waals surface area contributed by atoms with Crippen LogP contribution in [0.15, 0.2) is 23.2 Å². The van der Waals surface area contributed by atoms with E-state index in [9.17, 15) is 0 Å². The Balaban J connectivity index is 3.07. The summed E-state index contributed by atoms with van der Waals surface area (Å²) >= 11 is 5.92. The third-order valence-electron chi connectivity index (χ3n) is 2.15. The molecule has 2 N–H and O–H groups in total. The first-order valence-corrected chi connectivity index (χ1v) is 5.40. The second-order valence-corrected chi connectivity index (χ2v) is 4.97. The molecular formula is C12H17ClN2O. The van der Waals surface area contributed by atoms with E-state index in [2.05, 4.69) is 4.99 Å². The SMILES string of the molecule is COc1cc(N=C(N)C(C)(C)C)ccc1Cl. The van der Waals surface area contributed by atoms with Gasteiger partial charge in [-0.2, -0.15) is 0 Å². The van der Waals surface area contributed by atoms with Crippen LogP contribution in [-0.4, -0.2) is 12.9 Å². The number of hydrogen-bond acceptors (Lipinski definition) is 2. The molecule has 0 saturated carbocycles. The van der Waals surface area contributed by atoms with Crippen molar-refractivity contribution in [3.63, 3.8) is 0 Å². The fraction of sp³-hybridized carbons (Fsp3) is 0.417. The van der Waals surface area contributed by atoms with Crippen LogP contribution in [-0.2, 0) is 0 Å². The minimum absolute atomic E-state index is 0.146. The van der Waals surface area contributed by atoms with Crippen molar-refractivity contribution in [1.82, 2.24) is 0 Å². The summed E-state index contributed by atoms with van der Waals surface area (Å²) < 4.78 is 5.11. The smallest absolute Gasteiger partial charge is 0.139 e. The predicted octanol–water partition coefficient (Wildman–Crippen LogP) is 3.38. The summed E-state index contributed by atoms with van der Waals surface area (Å²) in [6.07, 6.45) is 0. The van der Waals surface area contributed by atoms with Crippen LogP contribution >= 0.6 is 11.6 Å². The molecule has 4 heteroatoms. The fourth-order valence-corrected chi connectivity index (χ4v) is 1.22. The molecule has 0 heterocycles. The second kappa shape index (κ2) is 4.74. The lowest BCUT2D eigenvalue weighted by molar-refractivity contribution is 0.415. The molecule has 0 unspecified atom stereocenters. The van der Waals surface area contributed by atoms with Gasteiger partial charge in [-0.05, 0) is 12.1 Å². The van der Waals surface area contributed by atoms with Crippen molar-refractivity contribution < 1.29 is 4.74 Å². The predicted molar refractivity (Wildman–Crippen MR) is 68.7 cm³/mol. The highest BCUT2D eigenvalue weighted by atomic mass is 35.5. The average Bonchev–Trinajstić information content (AvgIpc) is 2.19. The van der Waals surface area contributed by atoms with Gasteiger partial charge in [0.05, 0.1) is 17.8 Å². The van der Waals surface area contributed by atoms with Gasteiger partial charge in [0.25, 0.3) is 0 Å². The van der Waals surface area contributed by atoms with Crippen LogP contribution in [0.5, 0.6) is 5.75 Å². The van der Waals surface area contributed by atoms with Crippen LogP contribution in [0, 0.1) is 5.41 Å².